The first-order valence-corrected chi connectivity index (χ1v) is 9.19. The second-order valence-electron chi connectivity index (χ2n) is 6.68. The number of nitrogens with zero attached hydrogens (tertiary/aromatic N) is 4. The summed E-state index contributed by atoms with van der Waals surface area (Å²) in [4.78, 5) is 23.8. The van der Waals surface area contributed by atoms with Gasteiger partial charge in [0.1, 0.15) is 11.3 Å². The highest BCUT2D eigenvalue weighted by atomic mass is 16.2. The first-order chi connectivity index (χ1) is 12.8. The lowest BCUT2D eigenvalue weighted by Gasteiger charge is -2.19. The van der Waals surface area contributed by atoms with Crippen molar-refractivity contribution >= 4 is 22.9 Å². The SMILES string of the molecule is CCCc1nc2cccnc2n1[C@H]1CCN(C(=O)Nc2ccccc2)C1. The largest absolute Gasteiger partial charge is 0.322 e. The van der Waals surface area contributed by atoms with Crippen molar-refractivity contribution in [3.63, 3.8) is 0 Å². The van der Waals surface area contributed by atoms with Crippen LogP contribution in [0.15, 0.2) is 48.7 Å². The zero-order valence-corrected chi connectivity index (χ0v) is 14.9. The van der Waals surface area contributed by atoms with Crippen LogP contribution in [0, 0.1) is 0 Å². The van der Waals surface area contributed by atoms with Crippen LogP contribution in [-0.4, -0.2) is 38.6 Å². The predicted molar refractivity (Wildman–Crippen MR) is 102 cm³/mol. The Hall–Kier alpha value is -2.89. The summed E-state index contributed by atoms with van der Waals surface area (Å²) in [5.74, 6) is 1.07. The quantitative estimate of drug-likeness (QED) is 0.778. The van der Waals surface area contributed by atoms with Gasteiger partial charge >= 0.3 is 6.03 Å². The van der Waals surface area contributed by atoms with E-state index in [0.29, 0.717) is 6.54 Å². The van der Waals surface area contributed by atoms with E-state index in [4.69, 9.17) is 4.98 Å². The molecule has 2 aromatic heterocycles. The van der Waals surface area contributed by atoms with Gasteiger partial charge in [-0.2, -0.15) is 0 Å². The van der Waals surface area contributed by atoms with Crippen LogP contribution in [-0.2, 0) is 6.42 Å². The Morgan fingerprint density at radius 2 is 2.08 bits per heavy atom. The molecule has 2 amide bonds. The van der Waals surface area contributed by atoms with Gasteiger partial charge in [-0.05, 0) is 37.1 Å². The molecule has 26 heavy (non-hydrogen) atoms. The number of para-hydroxylation sites is 1. The van der Waals surface area contributed by atoms with Crippen molar-refractivity contribution in [1.82, 2.24) is 19.4 Å². The summed E-state index contributed by atoms with van der Waals surface area (Å²) in [7, 11) is 0. The molecule has 1 N–H and O–H groups in total. The molecule has 0 radical (unpaired) electrons. The van der Waals surface area contributed by atoms with Crippen molar-refractivity contribution in [2.24, 2.45) is 0 Å². The molecule has 6 nitrogen and oxygen atoms in total. The average Bonchev–Trinajstić information content (AvgIpc) is 3.27. The number of pyridine rings is 1. The highest BCUT2D eigenvalue weighted by Gasteiger charge is 2.30. The number of hydrogen-bond donors (Lipinski definition) is 1. The van der Waals surface area contributed by atoms with Gasteiger partial charge in [0.25, 0.3) is 0 Å². The van der Waals surface area contributed by atoms with Gasteiger partial charge in [-0.15, -0.1) is 0 Å². The topological polar surface area (TPSA) is 63.1 Å². The number of urea groups is 1. The van der Waals surface area contributed by atoms with Crippen LogP contribution in [0.1, 0.15) is 31.6 Å². The minimum atomic E-state index is -0.0480. The average molecular weight is 349 g/mol. The van der Waals surface area contributed by atoms with E-state index in [1.807, 2.05) is 53.6 Å². The van der Waals surface area contributed by atoms with E-state index >= 15 is 0 Å². The molecule has 1 aliphatic heterocycles. The van der Waals surface area contributed by atoms with Crippen molar-refractivity contribution < 1.29 is 4.79 Å². The van der Waals surface area contributed by atoms with Crippen LogP contribution in [0.3, 0.4) is 0 Å². The summed E-state index contributed by atoms with van der Waals surface area (Å²) in [6, 6.07) is 13.7. The second kappa shape index (κ2) is 7.15. The highest BCUT2D eigenvalue weighted by molar-refractivity contribution is 5.89. The summed E-state index contributed by atoms with van der Waals surface area (Å²) in [5, 5.41) is 2.97. The minimum Gasteiger partial charge on any atom is -0.322 e. The standard InChI is InChI=1S/C20H23N5O/c1-2-7-18-23-17-10-6-12-21-19(17)25(18)16-11-13-24(14-16)20(26)22-15-8-4-3-5-9-15/h3-6,8-10,12,16H,2,7,11,13-14H2,1H3,(H,22,26)/t16-/m0/s1. The minimum absolute atomic E-state index is 0.0480. The molecular formula is C20H23N5O. The van der Waals surface area contributed by atoms with E-state index in [1.165, 1.54) is 0 Å². The highest BCUT2D eigenvalue weighted by Crippen LogP contribution is 2.28. The molecule has 1 atom stereocenters. The number of benzene rings is 1. The van der Waals surface area contributed by atoms with Gasteiger partial charge in [0, 0.05) is 31.4 Å². The van der Waals surface area contributed by atoms with Gasteiger partial charge in [-0.1, -0.05) is 25.1 Å². The van der Waals surface area contributed by atoms with Crippen molar-refractivity contribution in [3.05, 3.63) is 54.5 Å². The van der Waals surface area contributed by atoms with E-state index in [1.54, 1.807) is 0 Å². The Kier molecular flexibility index (Phi) is 4.56. The zero-order chi connectivity index (χ0) is 17.9. The van der Waals surface area contributed by atoms with Gasteiger partial charge < -0.3 is 14.8 Å². The van der Waals surface area contributed by atoms with Crippen LogP contribution in [0.5, 0.6) is 0 Å². The zero-order valence-electron chi connectivity index (χ0n) is 14.9. The van der Waals surface area contributed by atoms with Gasteiger partial charge in [0.2, 0.25) is 0 Å². The third-order valence-electron chi connectivity index (χ3n) is 4.84. The Labute approximate surface area is 152 Å². The van der Waals surface area contributed by atoms with Crippen molar-refractivity contribution in [1.29, 1.82) is 0 Å². The van der Waals surface area contributed by atoms with Gasteiger partial charge in [0.05, 0.1) is 6.04 Å². The van der Waals surface area contributed by atoms with E-state index in [-0.39, 0.29) is 12.1 Å². The summed E-state index contributed by atoms with van der Waals surface area (Å²) in [6.07, 6.45) is 4.68. The van der Waals surface area contributed by atoms with Crippen LogP contribution < -0.4 is 5.32 Å². The number of aryl methyl sites for hydroxylation is 1. The molecule has 1 aromatic carbocycles. The lowest BCUT2D eigenvalue weighted by Crippen LogP contribution is -2.33. The van der Waals surface area contributed by atoms with Crippen LogP contribution in [0.25, 0.3) is 11.2 Å². The fraction of sp³-hybridized carbons (Fsp3) is 0.350. The number of rotatable bonds is 4. The van der Waals surface area contributed by atoms with E-state index in [2.05, 4.69) is 21.8 Å². The lowest BCUT2D eigenvalue weighted by atomic mass is 10.2. The molecule has 134 valence electrons. The maximum absolute atomic E-state index is 12.6. The molecule has 3 aromatic rings. The van der Waals surface area contributed by atoms with Gasteiger partial charge in [-0.25, -0.2) is 14.8 Å². The van der Waals surface area contributed by atoms with Crippen LogP contribution >= 0.6 is 0 Å². The lowest BCUT2D eigenvalue weighted by molar-refractivity contribution is 0.221. The Morgan fingerprint density at radius 3 is 2.88 bits per heavy atom. The number of carbonyl (C=O) groups excluding carboxylic acids is 1. The number of carbonyl (C=O) groups is 1. The number of amides is 2. The molecule has 6 heteroatoms. The Bertz CT molecular complexity index is 905. The number of fused-ring (bicyclic) bond motifs is 1. The maximum atomic E-state index is 12.6. The number of aromatic nitrogens is 3. The predicted octanol–water partition coefficient (Wildman–Crippen LogP) is 3.86. The van der Waals surface area contributed by atoms with Crippen LogP contribution in [0.2, 0.25) is 0 Å². The molecule has 0 spiro atoms. The van der Waals surface area contributed by atoms with E-state index in [9.17, 15) is 4.79 Å². The second-order valence-corrected chi connectivity index (χ2v) is 6.68. The molecule has 1 aliphatic rings. The van der Waals surface area contributed by atoms with Gasteiger partial charge in [0.15, 0.2) is 5.65 Å². The molecule has 0 aliphatic carbocycles. The van der Waals surface area contributed by atoms with Gasteiger partial charge in [-0.3, -0.25) is 0 Å². The Morgan fingerprint density at radius 1 is 1.23 bits per heavy atom. The molecule has 0 bridgehead atoms. The number of likely N-dealkylation sites (tertiary alicyclic amines) is 1. The van der Waals surface area contributed by atoms with Crippen molar-refractivity contribution in [2.75, 3.05) is 18.4 Å². The number of anilines is 1. The third kappa shape index (κ3) is 3.14. The monoisotopic (exact) mass is 349 g/mol. The molecule has 1 fully saturated rings. The van der Waals surface area contributed by atoms with E-state index in [0.717, 1.165) is 48.5 Å². The van der Waals surface area contributed by atoms with Crippen molar-refractivity contribution in [3.8, 4) is 0 Å². The van der Waals surface area contributed by atoms with Crippen molar-refractivity contribution in [2.45, 2.75) is 32.2 Å². The Balaban J connectivity index is 1.54. The smallest absolute Gasteiger partial charge is 0.321 e. The number of imidazole rings is 1. The molecule has 4 rings (SSSR count). The fourth-order valence-corrected chi connectivity index (χ4v) is 3.62. The molecular weight excluding hydrogens is 326 g/mol. The normalized spacial score (nSPS) is 17.0. The summed E-state index contributed by atoms with van der Waals surface area (Å²) in [5.41, 5.74) is 2.68. The van der Waals surface area contributed by atoms with Crippen LogP contribution in [0.4, 0.5) is 10.5 Å². The molecule has 0 saturated carbocycles. The fourth-order valence-electron chi connectivity index (χ4n) is 3.62. The molecule has 0 unspecified atom stereocenters. The summed E-state index contributed by atoms with van der Waals surface area (Å²) >= 11 is 0. The summed E-state index contributed by atoms with van der Waals surface area (Å²) < 4.78 is 2.24. The summed E-state index contributed by atoms with van der Waals surface area (Å²) in [6.45, 7) is 3.57. The third-order valence-corrected chi connectivity index (χ3v) is 4.84. The first-order valence-electron chi connectivity index (χ1n) is 9.19. The maximum Gasteiger partial charge on any atom is 0.321 e. The number of hydrogen-bond acceptors (Lipinski definition) is 3. The first kappa shape index (κ1) is 16.6. The molecule has 1 saturated heterocycles. The number of nitrogens with one attached hydrogen (secondary N) is 1. The molecule has 3 heterocycles. The van der Waals surface area contributed by atoms with E-state index < -0.39 is 0 Å².